The maximum Gasteiger partial charge on any atom is 0.247 e. The predicted octanol–water partition coefficient (Wildman–Crippen LogP) is 5.04. The van der Waals surface area contributed by atoms with Crippen LogP contribution in [-0.4, -0.2) is 16.1 Å². The molecule has 0 bridgehead atoms. The van der Waals surface area contributed by atoms with Crippen molar-refractivity contribution >= 4 is 17.3 Å². The average Bonchev–Trinajstić information content (AvgIpc) is 3.24. The third-order valence-electron chi connectivity index (χ3n) is 4.43. The highest BCUT2D eigenvalue weighted by Crippen LogP contribution is 2.29. The first-order chi connectivity index (χ1) is 14.6. The van der Waals surface area contributed by atoms with E-state index in [4.69, 9.17) is 4.42 Å². The van der Waals surface area contributed by atoms with Gasteiger partial charge in [0.15, 0.2) is 0 Å². The summed E-state index contributed by atoms with van der Waals surface area (Å²) < 4.78 is 19.4. The molecule has 0 aliphatic rings. The fourth-order valence-corrected chi connectivity index (χ4v) is 3.01. The van der Waals surface area contributed by atoms with Crippen LogP contribution in [0.4, 0.5) is 15.8 Å². The number of carbonyl (C=O) groups excluding carboxylic acids is 1. The van der Waals surface area contributed by atoms with E-state index in [1.54, 1.807) is 24.3 Å². The maximum atomic E-state index is 13.4. The molecule has 1 heterocycles. The van der Waals surface area contributed by atoms with Gasteiger partial charge >= 0.3 is 0 Å². The van der Waals surface area contributed by atoms with Gasteiger partial charge in [-0.2, -0.15) is 0 Å². The third kappa shape index (κ3) is 4.52. The van der Waals surface area contributed by atoms with Crippen molar-refractivity contribution in [2.45, 2.75) is 13.0 Å². The van der Waals surface area contributed by atoms with E-state index in [-0.39, 0.29) is 11.7 Å². The summed E-state index contributed by atoms with van der Waals surface area (Å²) >= 11 is 0. The van der Waals surface area contributed by atoms with E-state index in [1.165, 1.54) is 19.1 Å². The highest BCUT2D eigenvalue weighted by Gasteiger charge is 2.21. The zero-order valence-electron chi connectivity index (χ0n) is 16.2. The molecule has 0 aliphatic carbocycles. The molecular formula is C23H19FN4O2. The normalized spacial score (nSPS) is 11.7. The fraction of sp³-hybridized carbons (Fsp3) is 0.0870. The van der Waals surface area contributed by atoms with E-state index in [1.807, 2.05) is 42.5 Å². The second-order valence-corrected chi connectivity index (χ2v) is 6.70. The van der Waals surface area contributed by atoms with Crippen molar-refractivity contribution in [1.29, 1.82) is 0 Å². The number of hydrogen-bond donors (Lipinski definition) is 2. The first-order valence-corrected chi connectivity index (χ1v) is 9.37. The van der Waals surface area contributed by atoms with Crippen LogP contribution in [0.5, 0.6) is 0 Å². The van der Waals surface area contributed by atoms with Crippen molar-refractivity contribution in [3.63, 3.8) is 0 Å². The Morgan fingerprint density at radius 1 is 0.900 bits per heavy atom. The molecule has 3 aromatic carbocycles. The first-order valence-electron chi connectivity index (χ1n) is 9.37. The van der Waals surface area contributed by atoms with Crippen molar-refractivity contribution in [2.24, 2.45) is 0 Å². The number of amides is 1. The number of rotatable bonds is 6. The highest BCUT2D eigenvalue weighted by atomic mass is 19.1. The van der Waals surface area contributed by atoms with Crippen LogP contribution in [0, 0.1) is 5.82 Å². The lowest BCUT2D eigenvalue weighted by molar-refractivity contribution is -0.114. The molecule has 0 saturated carbocycles. The Hall–Kier alpha value is -4.00. The van der Waals surface area contributed by atoms with Crippen LogP contribution in [0.3, 0.4) is 0 Å². The molecule has 2 N–H and O–H groups in total. The number of carbonyl (C=O) groups is 1. The summed E-state index contributed by atoms with van der Waals surface area (Å²) in [7, 11) is 0. The summed E-state index contributed by atoms with van der Waals surface area (Å²) in [5.41, 5.74) is 3.05. The van der Waals surface area contributed by atoms with Crippen molar-refractivity contribution in [2.75, 3.05) is 10.6 Å². The molecule has 30 heavy (non-hydrogen) atoms. The molecular weight excluding hydrogens is 383 g/mol. The number of nitrogens with zero attached hydrogens (tertiary/aromatic N) is 2. The summed E-state index contributed by atoms with van der Waals surface area (Å²) in [4.78, 5) is 11.2. The Balaban J connectivity index is 1.64. The van der Waals surface area contributed by atoms with Gasteiger partial charge in [0.2, 0.25) is 17.7 Å². The number of halogens is 1. The van der Waals surface area contributed by atoms with E-state index in [0.717, 1.165) is 16.8 Å². The number of hydrogen-bond acceptors (Lipinski definition) is 5. The number of aromatic nitrogens is 2. The minimum absolute atomic E-state index is 0.140. The van der Waals surface area contributed by atoms with Crippen LogP contribution in [0.15, 0.2) is 83.3 Å². The zero-order chi connectivity index (χ0) is 20.9. The van der Waals surface area contributed by atoms with Crippen molar-refractivity contribution in [1.82, 2.24) is 10.2 Å². The van der Waals surface area contributed by atoms with Crippen LogP contribution in [0.25, 0.3) is 11.5 Å². The number of nitrogens with one attached hydrogen (secondary N) is 2. The van der Waals surface area contributed by atoms with Crippen molar-refractivity contribution < 1.29 is 13.6 Å². The van der Waals surface area contributed by atoms with Gasteiger partial charge in [-0.25, -0.2) is 4.39 Å². The Morgan fingerprint density at radius 3 is 2.23 bits per heavy atom. The minimum atomic E-state index is -0.484. The Bertz CT molecular complexity index is 1130. The van der Waals surface area contributed by atoms with Gasteiger partial charge in [-0.05, 0) is 54.1 Å². The molecule has 6 nitrogen and oxygen atoms in total. The molecule has 4 aromatic rings. The molecule has 0 saturated heterocycles. The second-order valence-electron chi connectivity index (χ2n) is 6.70. The Morgan fingerprint density at radius 2 is 1.57 bits per heavy atom. The van der Waals surface area contributed by atoms with E-state index in [2.05, 4.69) is 20.8 Å². The quantitative estimate of drug-likeness (QED) is 0.473. The van der Waals surface area contributed by atoms with Gasteiger partial charge in [-0.15, -0.1) is 10.2 Å². The largest absolute Gasteiger partial charge is 0.418 e. The molecule has 0 spiro atoms. The Labute approximate surface area is 172 Å². The minimum Gasteiger partial charge on any atom is -0.418 e. The zero-order valence-corrected chi connectivity index (χ0v) is 16.2. The molecule has 4 rings (SSSR count). The van der Waals surface area contributed by atoms with Gasteiger partial charge in [0.25, 0.3) is 0 Å². The topological polar surface area (TPSA) is 80.0 Å². The van der Waals surface area contributed by atoms with Crippen molar-refractivity contribution in [3.8, 4) is 11.5 Å². The number of benzene rings is 3. The summed E-state index contributed by atoms with van der Waals surface area (Å²) in [5, 5.41) is 14.4. The SMILES string of the molecule is CC(=O)Nc1ccc(N[C@H](c2ccc(F)cc2)c2nnc(-c3ccccc3)o2)cc1. The van der Waals surface area contributed by atoms with Gasteiger partial charge in [-0.3, -0.25) is 4.79 Å². The van der Waals surface area contributed by atoms with E-state index in [9.17, 15) is 9.18 Å². The lowest BCUT2D eigenvalue weighted by atomic mass is 10.1. The summed E-state index contributed by atoms with van der Waals surface area (Å²) in [6.07, 6.45) is 0. The molecule has 1 aromatic heterocycles. The fourth-order valence-electron chi connectivity index (χ4n) is 3.01. The molecule has 0 aliphatic heterocycles. The van der Waals surface area contributed by atoms with Crippen molar-refractivity contribution in [3.05, 3.63) is 96.1 Å². The number of anilines is 2. The lowest BCUT2D eigenvalue weighted by Crippen LogP contribution is -2.13. The Kier molecular flexibility index (Phi) is 5.52. The molecule has 7 heteroatoms. The standard InChI is InChI=1S/C23H19FN4O2/c1-15(29)25-19-11-13-20(14-12-19)26-21(16-7-9-18(24)10-8-16)23-28-27-22(30-23)17-5-3-2-4-6-17/h2-14,21,26H,1H3,(H,25,29)/t21-/m1/s1. The summed E-state index contributed by atoms with van der Waals surface area (Å²) in [6, 6.07) is 22.3. The van der Waals surface area contributed by atoms with Gasteiger partial charge in [0.05, 0.1) is 0 Å². The predicted molar refractivity (Wildman–Crippen MR) is 112 cm³/mol. The van der Waals surface area contributed by atoms with Crippen LogP contribution in [0.2, 0.25) is 0 Å². The van der Waals surface area contributed by atoms with Gasteiger partial charge in [0.1, 0.15) is 11.9 Å². The second kappa shape index (κ2) is 8.57. The third-order valence-corrected chi connectivity index (χ3v) is 4.43. The van der Waals surface area contributed by atoms with Crippen LogP contribution < -0.4 is 10.6 Å². The van der Waals surface area contributed by atoms with Gasteiger partial charge < -0.3 is 15.1 Å². The summed E-state index contributed by atoms with van der Waals surface area (Å²) in [5.74, 6) is 0.291. The molecule has 0 fully saturated rings. The summed E-state index contributed by atoms with van der Waals surface area (Å²) in [6.45, 7) is 1.45. The molecule has 1 atom stereocenters. The molecule has 1 amide bonds. The smallest absolute Gasteiger partial charge is 0.247 e. The van der Waals surface area contributed by atoms with Gasteiger partial charge in [-0.1, -0.05) is 30.3 Å². The van der Waals surface area contributed by atoms with Crippen LogP contribution >= 0.6 is 0 Å². The van der Waals surface area contributed by atoms with E-state index in [0.29, 0.717) is 17.5 Å². The van der Waals surface area contributed by atoms with E-state index < -0.39 is 6.04 Å². The van der Waals surface area contributed by atoms with Crippen LogP contribution in [-0.2, 0) is 4.79 Å². The molecule has 0 radical (unpaired) electrons. The monoisotopic (exact) mass is 402 g/mol. The van der Waals surface area contributed by atoms with Gasteiger partial charge in [0, 0.05) is 23.9 Å². The van der Waals surface area contributed by atoms with E-state index >= 15 is 0 Å². The lowest BCUT2D eigenvalue weighted by Gasteiger charge is -2.17. The average molecular weight is 402 g/mol. The molecule has 0 unspecified atom stereocenters. The first kappa shape index (κ1) is 19.3. The molecule has 150 valence electrons. The van der Waals surface area contributed by atoms with Crippen LogP contribution in [0.1, 0.15) is 24.4 Å². The highest BCUT2D eigenvalue weighted by molar-refractivity contribution is 5.88. The maximum absolute atomic E-state index is 13.4.